The Balaban J connectivity index is 1.26. The first-order valence-corrected chi connectivity index (χ1v) is 18.7. The van der Waals surface area contributed by atoms with E-state index in [0.29, 0.717) is 34.5 Å². The molecule has 0 radical (unpaired) electrons. The Labute approximate surface area is 244 Å². The van der Waals surface area contributed by atoms with Crippen molar-refractivity contribution in [2.75, 3.05) is 0 Å². The van der Waals surface area contributed by atoms with E-state index in [4.69, 9.17) is 4.18 Å². The lowest BCUT2D eigenvalue weighted by Gasteiger charge is -2.32. The molecule has 2 aromatic rings. The highest BCUT2D eigenvalue weighted by atomic mass is 32.2. The van der Waals surface area contributed by atoms with Crippen molar-refractivity contribution in [3.63, 3.8) is 0 Å². The summed E-state index contributed by atoms with van der Waals surface area (Å²) in [5.74, 6) is 5.08. The van der Waals surface area contributed by atoms with E-state index in [1.54, 1.807) is 0 Å². The Morgan fingerprint density at radius 2 is 1.07 bits per heavy atom. The van der Waals surface area contributed by atoms with Gasteiger partial charge in [0.2, 0.25) is 0 Å². The minimum atomic E-state index is -4.38. The molecule has 6 aliphatic rings. The topological polar surface area (TPSA) is 97.7 Å². The molecule has 0 saturated heterocycles. The van der Waals surface area contributed by atoms with Gasteiger partial charge in [-0.3, -0.25) is 4.55 Å². The largest absolute Gasteiger partial charge is 0.379 e. The molecule has 0 aromatic heterocycles. The van der Waals surface area contributed by atoms with E-state index in [0.717, 1.165) is 35.8 Å². The molecule has 6 fully saturated rings. The molecule has 0 spiro atoms. The van der Waals surface area contributed by atoms with Crippen LogP contribution in [0.3, 0.4) is 0 Å². The lowest BCUT2D eigenvalue weighted by atomic mass is 9.75. The van der Waals surface area contributed by atoms with Crippen LogP contribution in [0.4, 0.5) is 0 Å². The van der Waals surface area contributed by atoms with Crippen LogP contribution in [-0.2, 0) is 20.2 Å². The standard InChI is InChI=1S/C33H40O6S2/c34-40(35,36)27-9-7-26(8-10-27)39-41(37,38)33-31(29-15-20-2-5-23(29)12-20)17-25(28-14-19-1-4-22(28)11-19)18-32(33)30-16-21-3-6-24(30)13-21/h7-10,17-24,28-30H,1-6,11-16H2,(H,34,35,36)/t19?,20?,21?,22?,23?,24?,28?,29-,30?/m0/s1. The van der Waals surface area contributed by atoms with E-state index in [1.807, 2.05) is 0 Å². The van der Waals surface area contributed by atoms with Crippen LogP contribution in [0.25, 0.3) is 0 Å². The molecule has 0 amide bonds. The van der Waals surface area contributed by atoms with E-state index in [1.165, 1.54) is 94.0 Å². The van der Waals surface area contributed by atoms with Gasteiger partial charge in [-0.2, -0.15) is 16.8 Å². The molecule has 6 nitrogen and oxygen atoms in total. The summed E-state index contributed by atoms with van der Waals surface area (Å²) in [5, 5.41) is 0. The van der Waals surface area contributed by atoms with Gasteiger partial charge in [0, 0.05) is 0 Å². The van der Waals surface area contributed by atoms with Crippen LogP contribution in [0.5, 0.6) is 5.75 Å². The predicted molar refractivity (Wildman–Crippen MR) is 155 cm³/mol. The Morgan fingerprint density at radius 3 is 1.46 bits per heavy atom. The highest BCUT2D eigenvalue weighted by Crippen LogP contribution is 2.60. The fraction of sp³-hybridized carbons (Fsp3) is 0.636. The Kier molecular flexibility index (Phi) is 6.22. The fourth-order valence-corrected chi connectivity index (χ4v) is 12.4. The van der Waals surface area contributed by atoms with E-state index >= 15 is 0 Å². The van der Waals surface area contributed by atoms with Crippen LogP contribution in [0.2, 0.25) is 0 Å². The normalized spacial score (nSPS) is 37.3. The summed E-state index contributed by atoms with van der Waals surface area (Å²) in [4.78, 5) is 0.126. The van der Waals surface area contributed by atoms with Gasteiger partial charge in [-0.05, 0) is 152 Å². The molecule has 8 heteroatoms. The minimum Gasteiger partial charge on any atom is -0.379 e. The molecule has 2 aromatic carbocycles. The fourth-order valence-electron chi connectivity index (χ4n) is 10.5. The molecule has 1 N–H and O–H groups in total. The van der Waals surface area contributed by atoms with Crippen molar-refractivity contribution in [2.45, 2.75) is 105 Å². The number of hydrogen-bond acceptors (Lipinski definition) is 5. The van der Waals surface area contributed by atoms with E-state index in [9.17, 15) is 21.4 Å². The number of fused-ring (bicyclic) bond motifs is 6. The van der Waals surface area contributed by atoms with Gasteiger partial charge in [0.05, 0.1) is 4.90 Å². The lowest BCUT2D eigenvalue weighted by Crippen LogP contribution is -2.23. The summed E-state index contributed by atoms with van der Waals surface area (Å²) in [6.45, 7) is 0. The maximum atomic E-state index is 14.4. The van der Waals surface area contributed by atoms with Gasteiger partial charge in [-0.15, -0.1) is 0 Å². The smallest absolute Gasteiger partial charge is 0.339 e. The first kappa shape index (κ1) is 26.7. The van der Waals surface area contributed by atoms with Crippen molar-refractivity contribution in [3.05, 3.63) is 53.1 Å². The van der Waals surface area contributed by atoms with Crippen LogP contribution < -0.4 is 4.18 Å². The second-order valence-electron chi connectivity index (χ2n) is 14.4. The first-order chi connectivity index (χ1) is 19.6. The van der Waals surface area contributed by atoms with E-state index in [2.05, 4.69) is 12.1 Å². The minimum absolute atomic E-state index is 0.0624. The second-order valence-corrected chi connectivity index (χ2v) is 17.3. The van der Waals surface area contributed by atoms with E-state index < -0.39 is 20.2 Å². The molecule has 6 saturated carbocycles. The number of hydrogen-bond donors (Lipinski definition) is 1. The lowest BCUT2D eigenvalue weighted by molar-refractivity contribution is 0.392. The van der Waals surface area contributed by atoms with Gasteiger partial charge < -0.3 is 4.18 Å². The van der Waals surface area contributed by atoms with Crippen LogP contribution in [-0.4, -0.2) is 21.4 Å². The second kappa shape index (κ2) is 9.55. The average Bonchev–Trinajstić information content (AvgIpc) is 3.80. The summed E-state index contributed by atoms with van der Waals surface area (Å²) in [6.07, 6.45) is 14.6. The zero-order chi connectivity index (χ0) is 28.1. The molecule has 6 bridgehead atoms. The molecular formula is C33H40O6S2. The summed E-state index contributed by atoms with van der Waals surface area (Å²) in [5.41, 5.74) is 3.39. The molecule has 220 valence electrons. The summed E-state index contributed by atoms with van der Waals surface area (Å²) in [7, 11) is -8.58. The van der Waals surface area contributed by atoms with Gasteiger partial charge in [-0.1, -0.05) is 31.4 Å². The highest BCUT2D eigenvalue weighted by molar-refractivity contribution is 7.87. The summed E-state index contributed by atoms with van der Waals surface area (Å²) < 4.78 is 67.1. The molecular weight excluding hydrogens is 556 g/mol. The third-order valence-corrected chi connectivity index (χ3v) is 14.4. The Morgan fingerprint density at radius 1 is 0.610 bits per heavy atom. The van der Waals surface area contributed by atoms with Crippen LogP contribution in [0.1, 0.15) is 111 Å². The molecule has 8 unspecified atom stereocenters. The van der Waals surface area contributed by atoms with Crippen LogP contribution in [0, 0.1) is 35.5 Å². The maximum absolute atomic E-state index is 14.4. The van der Waals surface area contributed by atoms with E-state index in [-0.39, 0.29) is 22.5 Å². The van der Waals surface area contributed by atoms with Crippen molar-refractivity contribution >= 4 is 20.2 Å². The number of rotatable bonds is 7. The van der Waals surface area contributed by atoms with Crippen LogP contribution >= 0.6 is 0 Å². The Hall–Kier alpha value is -1.90. The summed E-state index contributed by atoms with van der Waals surface area (Å²) in [6, 6.07) is 9.60. The average molecular weight is 597 g/mol. The molecule has 8 rings (SSSR count). The first-order valence-electron chi connectivity index (χ1n) is 15.8. The molecule has 41 heavy (non-hydrogen) atoms. The van der Waals surface area contributed by atoms with Crippen molar-refractivity contribution in [1.82, 2.24) is 0 Å². The summed E-state index contributed by atoms with van der Waals surface area (Å²) >= 11 is 0. The van der Waals surface area contributed by atoms with Gasteiger partial charge in [-0.25, -0.2) is 0 Å². The zero-order valence-corrected chi connectivity index (χ0v) is 25.1. The third-order valence-electron chi connectivity index (χ3n) is 12.2. The highest BCUT2D eigenvalue weighted by Gasteiger charge is 2.48. The quantitative estimate of drug-likeness (QED) is 0.264. The molecule has 6 aliphatic carbocycles. The van der Waals surface area contributed by atoms with Gasteiger partial charge in [0.15, 0.2) is 0 Å². The zero-order valence-electron chi connectivity index (χ0n) is 23.5. The maximum Gasteiger partial charge on any atom is 0.339 e. The van der Waals surface area contributed by atoms with Crippen molar-refractivity contribution in [2.24, 2.45) is 35.5 Å². The van der Waals surface area contributed by atoms with Crippen molar-refractivity contribution in [3.8, 4) is 5.75 Å². The van der Waals surface area contributed by atoms with Gasteiger partial charge >= 0.3 is 10.1 Å². The van der Waals surface area contributed by atoms with Gasteiger partial charge in [0.1, 0.15) is 10.6 Å². The molecule has 9 atom stereocenters. The Bertz CT molecular complexity index is 1530. The third kappa shape index (κ3) is 4.58. The predicted octanol–water partition coefficient (Wildman–Crippen LogP) is 7.41. The molecule has 0 heterocycles. The number of benzene rings is 2. The SMILES string of the molecule is O=S(=O)(O)c1ccc(OS(=O)(=O)c2c(C3CC4CCC3C4)cc(C3CC4CCC3C4)cc2[C@H]2CC3CCC2C3)cc1. The monoisotopic (exact) mass is 596 g/mol. The van der Waals surface area contributed by atoms with Crippen LogP contribution in [0.15, 0.2) is 46.2 Å². The van der Waals surface area contributed by atoms with Gasteiger partial charge in [0.25, 0.3) is 10.1 Å². The molecule has 0 aliphatic heterocycles. The van der Waals surface area contributed by atoms with Crippen molar-refractivity contribution < 1.29 is 25.6 Å². The van der Waals surface area contributed by atoms with Crippen molar-refractivity contribution in [1.29, 1.82) is 0 Å².